The van der Waals surface area contributed by atoms with Gasteiger partial charge in [-0.3, -0.25) is 0 Å². The third-order valence-electron chi connectivity index (χ3n) is 4.77. The molecule has 0 spiro atoms. The minimum Gasteiger partial charge on any atom is -0.362 e. The Balaban J connectivity index is 0.000000162. The summed E-state index contributed by atoms with van der Waals surface area (Å²) in [5.74, 6) is 0. The lowest BCUT2D eigenvalue weighted by molar-refractivity contribution is 0.381. The largest absolute Gasteiger partial charge is 0.362 e. The lowest BCUT2D eigenvalue weighted by Gasteiger charge is -2.47. The van der Waals surface area contributed by atoms with E-state index in [1.165, 1.54) is 27.5 Å². The van der Waals surface area contributed by atoms with Gasteiger partial charge in [-0.25, -0.2) is 0 Å². The number of anilines is 1. The molecule has 4 aromatic rings. The zero-order valence-corrected chi connectivity index (χ0v) is 18.0. The van der Waals surface area contributed by atoms with Gasteiger partial charge in [-0.1, -0.05) is 54.6 Å². The second-order valence-electron chi connectivity index (χ2n) is 9.23. The molecule has 28 heavy (non-hydrogen) atoms. The number of fused-ring (bicyclic) bond motifs is 3. The highest BCUT2D eigenvalue weighted by Crippen LogP contribution is 2.31. The van der Waals surface area contributed by atoms with Gasteiger partial charge in [-0.05, 0) is 65.8 Å². The van der Waals surface area contributed by atoms with E-state index < -0.39 is 0 Å². The number of aromatic amines is 1. The molecule has 1 heterocycles. The molecule has 0 radical (unpaired) electrons. The van der Waals surface area contributed by atoms with Crippen molar-refractivity contribution in [2.24, 2.45) is 0 Å². The summed E-state index contributed by atoms with van der Waals surface area (Å²) in [7, 11) is 0. The maximum atomic E-state index is 3.38. The second-order valence-corrected chi connectivity index (χ2v) is 9.23. The lowest BCUT2D eigenvalue weighted by Crippen LogP contribution is -2.52. The lowest BCUT2D eigenvalue weighted by atomic mass is 9.95. The number of nitrogens with zero attached hydrogens (tertiary/aromatic N) is 1. The van der Waals surface area contributed by atoms with Crippen molar-refractivity contribution in [1.29, 1.82) is 0 Å². The van der Waals surface area contributed by atoms with Crippen molar-refractivity contribution in [3.05, 3.63) is 78.9 Å². The van der Waals surface area contributed by atoms with Crippen molar-refractivity contribution in [3.8, 4) is 0 Å². The molecule has 2 nitrogen and oxygen atoms in total. The van der Waals surface area contributed by atoms with Crippen molar-refractivity contribution in [2.45, 2.75) is 52.6 Å². The summed E-state index contributed by atoms with van der Waals surface area (Å²) in [6.45, 7) is 13.5. The van der Waals surface area contributed by atoms with Gasteiger partial charge in [-0.2, -0.15) is 0 Å². The monoisotopic (exact) mass is 372 g/mol. The third kappa shape index (κ3) is 4.39. The highest BCUT2D eigenvalue weighted by Gasteiger charge is 2.31. The SMILES string of the molecule is CC(C)(C)N(c1ccccc1)C(C)(C)C.c1ccc2c(c1)[nH]c1ccccc12. The molecular weight excluding hydrogens is 340 g/mol. The van der Waals surface area contributed by atoms with Gasteiger partial charge in [0.2, 0.25) is 0 Å². The maximum Gasteiger partial charge on any atom is 0.0464 e. The van der Waals surface area contributed by atoms with E-state index in [1.807, 2.05) is 0 Å². The Morgan fingerprint density at radius 1 is 0.536 bits per heavy atom. The van der Waals surface area contributed by atoms with E-state index in [0.717, 1.165) is 0 Å². The van der Waals surface area contributed by atoms with Crippen LogP contribution in [-0.2, 0) is 0 Å². The van der Waals surface area contributed by atoms with Crippen LogP contribution in [0.1, 0.15) is 41.5 Å². The van der Waals surface area contributed by atoms with Crippen molar-refractivity contribution < 1.29 is 0 Å². The molecule has 0 bridgehead atoms. The number of rotatable bonds is 1. The first-order chi connectivity index (χ1) is 13.2. The van der Waals surface area contributed by atoms with Gasteiger partial charge in [0.05, 0.1) is 0 Å². The Hall–Kier alpha value is -2.74. The predicted octanol–water partition coefficient (Wildman–Crippen LogP) is 7.41. The number of para-hydroxylation sites is 3. The van der Waals surface area contributed by atoms with Crippen LogP contribution in [0.2, 0.25) is 0 Å². The molecule has 2 heteroatoms. The van der Waals surface area contributed by atoms with Crippen LogP contribution in [-0.4, -0.2) is 16.1 Å². The first-order valence-electron chi connectivity index (χ1n) is 9.99. The molecule has 0 aliphatic heterocycles. The van der Waals surface area contributed by atoms with E-state index >= 15 is 0 Å². The number of hydrogen-bond donors (Lipinski definition) is 1. The second kappa shape index (κ2) is 7.71. The van der Waals surface area contributed by atoms with Gasteiger partial charge in [0.25, 0.3) is 0 Å². The molecular formula is C26H32N2. The zero-order valence-electron chi connectivity index (χ0n) is 18.0. The van der Waals surface area contributed by atoms with Crippen LogP contribution in [0.4, 0.5) is 5.69 Å². The molecule has 4 rings (SSSR count). The Morgan fingerprint density at radius 3 is 1.36 bits per heavy atom. The van der Waals surface area contributed by atoms with Crippen LogP contribution in [0, 0.1) is 0 Å². The molecule has 1 N–H and O–H groups in total. The van der Waals surface area contributed by atoms with E-state index in [2.05, 4.69) is 130 Å². The zero-order chi connectivity index (χ0) is 20.4. The fraction of sp³-hybridized carbons (Fsp3) is 0.308. The summed E-state index contributed by atoms with van der Waals surface area (Å²) in [6.07, 6.45) is 0. The number of hydrogen-bond acceptors (Lipinski definition) is 1. The minimum absolute atomic E-state index is 0.138. The van der Waals surface area contributed by atoms with Crippen LogP contribution in [0.5, 0.6) is 0 Å². The van der Waals surface area contributed by atoms with Crippen LogP contribution in [0.25, 0.3) is 21.8 Å². The molecule has 0 aliphatic carbocycles. The number of aromatic nitrogens is 1. The standard InChI is InChI=1S/C14H23N.C12H9N/c1-13(2,3)15(14(4,5)6)12-10-8-7-9-11-12;1-3-7-11-9(5-1)10-6-2-4-8-12(10)13-11/h7-11H,1-6H3;1-8,13H. The van der Waals surface area contributed by atoms with Gasteiger partial charge >= 0.3 is 0 Å². The molecule has 0 fully saturated rings. The van der Waals surface area contributed by atoms with Crippen molar-refractivity contribution in [2.75, 3.05) is 4.90 Å². The van der Waals surface area contributed by atoms with Gasteiger partial charge in [-0.15, -0.1) is 0 Å². The number of benzene rings is 3. The van der Waals surface area contributed by atoms with Crippen molar-refractivity contribution in [1.82, 2.24) is 4.98 Å². The predicted molar refractivity (Wildman–Crippen MR) is 124 cm³/mol. The fourth-order valence-corrected chi connectivity index (χ4v) is 4.16. The molecule has 1 aromatic heterocycles. The van der Waals surface area contributed by atoms with E-state index in [1.54, 1.807) is 0 Å². The van der Waals surface area contributed by atoms with E-state index in [0.29, 0.717) is 0 Å². The summed E-state index contributed by atoms with van der Waals surface area (Å²) >= 11 is 0. The van der Waals surface area contributed by atoms with Gasteiger partial charge in [0.15, 0.2) is 0 Å². The highest BCUT2D eigenvalue weighted by molar-refractivity contribution is 6.06. The molecule has 146 valence electrons. The molecule has 0 saturated heterocycles. The molecule has 0 aliphatic rings. The summed E-state index contributed by atoms with van der Waals surface area (Å²) in [5.41, 5.74) is 3.99. The average molecular weight is 373 g/mol. The summed E-state index contributed by atoms with van der Waals surface area (Å²) in [5, 5.41) is 2.61. The smallest absolute Gasteiger partial charge is 0.0464 e. The molecule has 0 atom stereocenters. The Morgan fingerprint density at radius 2 is 0.929 bits per heavy atom. The normalized spacial score (nSPS) is 11.9. The topological polar surface area (TPSA) is 19.0 Å². The van der Waals surface area contributed by atoms with Gasteiger partial charge in [0.1, 0.15) is 0 Å². The maximum absolute atomic E-state index is 3.38. The minimum atomic E-state index is 0.138. The molecule has 0 amide bonds. The quantitative estimate of drug-likeness (QED) is 0.368. The van der Waals surface area contributed by atoms with E-state index in [9.17, 15) is 0 Å². The van der Waals surface area contributed by atoms with Crippen LogP contribution < -0.4 is 4.90 Å². The highest BCUT2D eigenvalue weighted by atomic mass is 15.2. The number of nitrogens with one attached hydrogen (secondary N) is 1. The Kier molecular flexibility index (Phi) is 5.51. The Bertz CT molecular complexity index is 966. The van der Waals surface area contributed by atoms with Crippen LogP contribution in [0.15, 0.2) is 78.9 Å². The fourth-order valence-electron chi connectivity index (χ4n) is 4.16. The molecule has 0 saturated carbocycles. The van der Waals surface area contributed by atoms with Crippen molar-refractivity contribution >= 4 is 27.5 Å². The molecule has 3 aromatic carbocycles. The molecule has 0 unspecified atom stereocenters. The Labute approximate surface area is 169 Å². The van der Waals surface area contributed by atoms with Gasteiger partial charge < -0.3 is 9.88 Å². The van der Waals surface area contributed by atoms with E-state index in [4.69, 9.17) is 0 Å². The van der Waals surface area contributed by atoms with E-state index in [-0.39, 0.29) is 11.1 Å². The summed E-state index contributed by atoms with van der Waals surface area (Å²) in [4.78, 5) is 5.84. The number of H-pyrrole nitrogens is 1. The average Bonchev–Trinajstić information content (AvgIpc) is 2.99. The van der Waals surface area contributed by atoms with Gasteiger partial charge in [0, 0.05) is 38.6 Å². The summed E-state index contributed by atoms with van der Waals surface area (Å²) in [6, 6.07) is 27.4. The van der Waals surface area contributed by atoms with Crippen LogP contribution >= 0.6 is 0 Å². The first-order valence-corrected chi connectivity index (χ1v) is 9.99. The first kappa shape index (κ1) is 20.0. The third-order valence-corrected chi connectivity index (χ3v) is 4.77. The van der Waals surface area contributed by atoms with Crippen LogP contribution in [0.3, 0.4) is 0 Å². The summed E-state index contributed by atoms with van der Waals surface area (Å²) < 4.78 is 0. The van der Waals surface area contributed by atoms with Crippen molar-refractivity contribution in [3.63, 3.8) is 0 Å².